The molecule has 0 bridgehead atoms. The van der Waals surface area contributed by atoms with Crippen molar-refractivity contribution in [3.05, 3.63) is 41.4 Å². The van der Waals surface area contributed by atoms with E-state index in [9.17, 15) is 13.2 Å². The fraction of sp³-hybridized carbons (Fsp3) is 0.154. The minimum absolute atomic E-state index is 0.390. The summed E-state index contributed by atoms with van der Waals surface area (Å²) in [5, 5.41) is 2.14. The van der Waals surface area contributed by atoms with Gasteiger partial charge in [0.15, 0.2) is 6.61 Å². The van der Waals surface area contributed by atoms with Crippen LogP contribution in [0.15, 0.2) is 36.4 Å². The van der Waals surface area contributed by atoms with E-state index in [1.165, 1.54) is 0 Å². The third-order valence-corrected chi connectivity index (χ3v) is 3.42. The van der Waals surface area contributed by atoms with Crippen molar-refractivity contribution in [1.82, 2.24) is 4.72 Å². The van der Waals surface area contributed by atoms with Crippen molar-refractivity contribution >= 4 is 38.3 Å². The number of hydrogen-bond acceptors (Lipinski definition) is 4. The van der Waals surface area contributed by atoms with Crippen LogP contribution in [-0.4, -0.2) is 27.2 Å². The summed E-state index contributed by atoms with van der Waals surface area (Å²) in [5.41, 5.74) is 0. The number of nitrogens with one attached hydrogen (secondary N) is 1. The molecule has 0 atom stereocenters. The van der Waals surface area contributed by atoms with E-state index in [-0.39, 0.29) is 0 Å². The first-order valence-electron chi connectivity index (χ1n) is 5.67. The molecule has 0 saturated heterocycles. The zero-order valence-corrected chi connectivity index (χ0v) is 12.2. The van der Waals surface area contributed by atoms with Crippen LogP contribution in [0, 0.1) is 0 Å². The van der Waals surface area contributed by atoms with E-state index in [4.69, 9.17) is 16.3 Å². The Hall–Kier alpha value is -1.79. The first-order valence-corrected chi connectivity index (χ1v) is 7.94. The van der Waals surface area contributed by atoms with Crippen molar-refractivity contribution in [1.29, 1.82) is 0 Å². The summed E-state index contributed by atoms with van der Waals surface area (Å²) < 4.78 is 29.0. The van der Waals surface area contributed by atoms with Gasteiger partial charge in [-0.25, -0.2) is 8.42 Å². The second-order valence-corrected chi connectivity index (χ2v) is 6.33. The largest absolute Gasteiger partial charge is 0.483 e. The van der Waals surface area contributed by atoms with E-state index >= 15 is 0 Å². The summed E-state index contributed by atoms with van der Waals surface area (Å²) in [6.07, 6.45) is 0.905. The van der Waals surface area contributed by atoms with Crippen molar-refractivity contribution in [2.75, 3.05) is 12.9 Å². The maximum absolute atomic E-state index is 11.4. The zero-order valence-electron chi connectivity index (χ0n) is 10.6. The highest BCUT2D eigenvalue weighted by molar-refractivity contribution is 7.89. The summed E-state index contributed by atoms with van der Waals surface area (Å²) in [5.74, 6) is -0.264. The molecular weight excluding hydrogens is 302 g/mol. The predicted molar refractivity (Wildman–Crippen MR) is 77.4 cm³/mol. The fourth-order valence-electron chi connectivity index (χ4n) is 1.74. The van der Waals surface area contributed by atoms with Gasteiger partial charge in [0.1, 0.15) is 5.75 Å². The predicted octanol–water partition coefficient (Wildman–Crippen LogP) is 1.95. The van der Waals surface area contributed by atoms with E-state index < -0.39 is 22.5 Å². The first-order chi connectivity index (χ1) is 9.37. The van der Waals surface area contributed by atoms with Gasteiger partial charge in [0, 0.05) is 15.8 Å². The molecule has 0 fully saturated rings. The molecule has 2 rings (SSSR count). The number of ether oxygens (including phenoxy) is 1. The summed E-state index contributed by atoms with van der Waals surface area (Å²) in [7, 11) is -3.58. The smallest absolute Gasteiger partial charge is 0.271 e. The number of fused-ring (bicyclic) bond motifs is 1. The van der Waals surface area contributed by atoms with Crippen LogP contribution in [0.1, 0.15) is 0 Å². The minimum Gasteiger partial charge on any atom is -0.483 e. The summed E-state index contributed by atoms with van der Waals surface area (Å²) >= 11 is 6.06. The number of amides is 1. The maximum atomic E-state index is 11.4. The van der Waals surface area contributed by atoms with Gasteiger partial charge in [0.25, 0.3) is 5.91 Å². The lowest BCUT2D eigenvalue weighted by molar-refractivity contribution is -0.121. The van der Waals surface area contributed by atoms with Crippen molar-refractivity contribution in [3.63, 3.8) is 0 Å². The second kappa shape index (κ2) is 5.68. The van der Waals surface area contributed by atoms with Crippen LogP contribution in [0.2, 0.25) is 5.02 Å². The van der Waals surface area contributed by atoms with Crippen LogP contribution in [0.5, 0.6) is 5.75 Å². The number of carbonyl (C=O) groups is 1. The van der Waals surface area contributed by atoms with Crippen LogP contribution in [0.25, 0.3) is 10.8 Å². The molecule has 2 aromatic rings. The number of rotatable bonds is 4. The molecule has 0 aliphatic carbocycles. The summed E-state index contributed by atoms with van der Waals surface area (Å²) in [6.45, 7) is -0.390. The van der Waals surface area contributed by atoms with Crippen LogP contribution in [0.3, 0.4) is 0 Å². The van der Waals surface area contributed by atoms with Crippen LogP contribution in [-0.2, 0) is 14.8 Å². The summed E-state index contributed by atoms with van der Waals surface area (Å²) in [4.78, 5) is 11.4. The molecular formula is C13H12ClNO4S. The molecule has 20 heavy (non-hydrogen) atoms. The van der Waals surface area contributed by atoms with Gasteiger partial charge >= 0.3 is 0 Å². The van der Waals surface area contributed by atoms with Gasteiger partial charge in [-0.05, 0) is 12.1 Å². The lowest BCUT2D eigenvalue weighted by Gasteiger charge is -2.10. The molecule has 5 nitrogen and oxygen atoms in total. The number of sulfonamides is 1. The molecule has 0 radical (unpaired) electrons. The molecule has 1 amide bonds. The molecule has 1 N–H and O–H groups in total. The molecule has 0 spiro atoms. The Morgan fingerprint density at radius 2 is 1.85 bits per heavy atom. The lowest BCUT2D eigenvalue weighted by Crippen LogP contribution is -2.33. The van der Waals surface area contributed by atoms with Gasteiger partial charge in [0.2, 0.25) is 10.0 Å². The van der Waals surface area contributed by atoms with Crippen LogP contribution >= 0.6 is 11.6 Å². The molecule has 0 heterocycles. The third-order valence-electron chi connectivity index (χ3n) is 2.49. The first kappa shape index (κ1) is 14.6. The van der Waals surface area contributed by atoms with Crippen molar-refractivity contribution in [2.24, 2.45) is 0 Å². The van der Waals surface area contributed by atoms with Gasteiger partial charge in [-0.3, -0.25) is 9.52 Å². The van der Waals surface area contributed by atoms with Crippen molar-refractivity contribution in [3.8, 4) is 5.75 Å². The Morgan fingerprint density at radius 3 is 2.50 bits per heavy atom. The Labute approximate surface area is 121 Å². The Balaban J connectivity index is 2.19. The molecule has 106 valence electrons. The van der Waals surface area contributed by atoms with Gasteiger partial charge in [-0.15, -0.1) is 0 Å². The molecule has 0 aromatic heterocycles. The standard InChI is InChI=1S/C13H12ClNO4S/c1-20(17,18)15-13(16)8-19-12-7-6-11(14)9-4-2-3-5-10(9)12/h2-7H,8H2,1H3,(H,15,16). The van der Waals surface area contributed by atoms with Gasteiger partial charge in [-0.1, -0.05) is 35.9 Å². The Kier molecular flexibility index (Phi) is 4.15. The quantitative estimate of drug-likeness (QED) is 0.936. The van der Waals surface area contributed by atoms with E-state index in [2.05, 4.69) is 0 Å². The van der Waals surface area contributed by atoms with Crippen LogP contribution in [0.4, 0.5) is 0 Å². The SMILES string of the molecule is CS(=O)(=O)NC(=O)COc1ccc(Cl)c2ccccc12. The monoisotopic (exact) mass is 313 g/mol. The van der Waals surface area contributed by atoms with Gasteiger partial charge in [0.05, 0.1) is 6.26 Å². The average molecular weight is 314 g/mol. The third kappa shape index (κ3) is 3.61. The van der Waals surface area contributed by atoms with E-state index in [0.717, 1.165) is 17.0 Å². The topological polar surface area (TPSA) is 72.5 Å². The highest BCUT2D eigenvalue weighted by atomic mass is 35.5. The molecule has 0 unspecified atom stereocenters. The second-order valence-electron chi connectivity index (χ2n) is 4.18. The molecule has 0 saturated carbocycles. The van der Waals surface area contributed by atoms with Crippen molar-refractivity contribution < 1.29 is 17.9 Å². The van der Waals surface area contributed by atoms with E-state index in [1.54, 1.807) is 12.1 Å². The molecule has 7 heteroatoms. The number of hydrogen-bond donors (Lipinski definition) is 1. The Morgan fingerprint density at radius 1 is 1.20 bits per heavy atom. The fourth-order valence-corrected chi connectivity index (χ4v) is 2.44. The van der Waals surface area contributed by atoms with Crippen LogP contribution < -0.4 is 9.46 Å². The lowest BCUT2D eigenvalue weighted by atomic mass is 10.1. The zero-order chi connectivity index (χ0) is 14.8. The number of halogens is 1. The van der Waals surface area contributed by atoms with E-state index in [1.807, 2.05) is 29.0 Å². The number of carbonyl (C=O) groups excluding carboxylic acids is 1. The van der Waals surface area contributed by atoms with E-state index in [0.29, 0.717) is 10.8 Å². The molecule has 0 aliphatic heterocycles. The average Bonchev–Trinajstić information content (AvgIpc) is 2.36. The molecule has 0 aliphatic rings. The highest BCUT2D eigenvalue weighted by Gasteiger charge is 2.11. The molecule has 2 aromatic carbocycles. The van der Waals surface area contributed by atoms with Gasteiger partial charge in [-0.2, -0.15) is 0 Å². The highest BCUT2D eigenvalue weighted by Crippen LogP contribution is 2.31. The number of benzene rings is 2. The summed E-state index contributed by atoms with van der Waals surface area (Å²) in [6, 6.07) is 10.6. The minimum atomic E-state index is -3.58. The maximum Gasteiger partial charge on any atom is 0.271 e. The van der Waals surface area contributed by atoms with Gasteiger partial charge < -0.3 is 4.74 Å². The Bertz CT molecular complexity index is 758. The normalized spacial score (nSPS) is 11.3. The van der Waals surface area contributed by atoms with Crippen molar-refractivity contribution in [2.45, 2.75) is 0 Å².